The topological polar surface area (TPSA) is 63.3 Å². The Kier molecular flexibility index (Phi) is 5.19. The molecular weight excluding hydrogens is 292 g/mol. The molecule has 0 amide bonds. The van der Waals surface area contributed by atoms with Crippen LogP contribution in [0.2, 0.25) is 0 Å². The summed E-state index contributed by atoms with van der Waals surface area (Å²) in [7, 11) is 0. The highest BCUT2D eigenvalue weighted by atomic mass is 32.1. The van der Waals surface area contributed by atoms with E-state index in [1.54, 1.807) is 11.3 Å². The number of rotatable bonds is 4. The van der Waals surface area contributed by atoms with Gasteiger partial charge in [0.25, 0.3) is 0 Å². The minimum atomic E-state index is -0.0547. The van der Waals surface area contributed by atoms with E-state index in [0.29, 0.717) is 12.5 Å². The zero-order valence-electron chi connectivity index (χ0n) is 13.7. The Labute approximate surface area is 136 Å². The summed E-state index contributed by atoms with van der Waals surface area (Å²) in [5, 5.41) is 6.34. The minimum Gasteiger partial charge on any atom is -0.370 e. The van der Waals surface area contributed by atoms with Gasteiger partial charge >= 0.3 is 0 Å². The molecule has 1 aromatic carbocycles. The van der Waals surface area contributed by atoms with Crippen molar-refractivity contribution in [2.75, 3.05) is 6.54 Å². The lowest BCUT2D eigenvalue weighted by Gasteiger charge is -2.20. The molecule has 0 saturated heterocycles. The highest BCUT2D eigenvalue weighted by Gasteiger charge is 2.09. The number of guanidine groups is 1. The van der Waals surface area contributed by atoms with E-state index in [2.05, 4.69) is 65.7 Å². The fourth-order valence-corrected chi connectivity index (χ4v) is 2.69. The second kappa shape index (κ2) is 6.92. The van der Waals surface area contributed by atoms with Crippen LogP contribution in [-0.4, -0.2) is 23.0 Å². The Morgan fingerprint density at radius 3 is 2.50 bits per heavy atom. The predicted octanol–water partition coefficient (Wildman–Crippen LogP) is 3.36. The Balaban J connectivity index is 1.91. The summed E-state index contributed by atoms with van der Waals surface area (Å²) in [6.07, 6.45) is 0.878. The number of hydrogen-bond donors (Lipinski definition) is 2. The molecule has 1 aromatic heterocycles. The molecular formula is C17H24N4S. The van der Waals surface area contributed by atoms with Crippen molar-refractivity contribution >= 4 is 17.3 Å². The summed E-state index contributed by atoms with van der Waals surface area (Å²) < 4.78 is 0. The molecule has 4 nitrogen and oxygen atoms in total. The third-order valence-corrected chi connectivity index (χ3v) is 3.83. The third-order valence-electron chi connectivity index (χ3n) is 3.05. The number of thiazole rings is 1. The van der Waals surface area contributed by atoms with E-state index in [1.165, 1.54) is 5.56 Å². The lowest BCUT2D eigenvalue weighted by atomic mass is 10.1. The quantitative estimate of drug-likeness (QED) is 0.671. The molecule has 2 aromatic rings. The molecule has 0 bridgehead atoms. The molecule has 0 radical (unpaired) electrons. The van der Waals surface area contributed by atoms with Gasteiger partial charge in [-0.25, -0.2) is 4.98 Å². The fraction of sp³-hybridized carbons (Fsp3) is 0.412. The van der Waals surface area contributed by atoms with E-state index < -0.39 is 0 Å². The minimum absolute atomic E-state index is 0.0547. The Bertz CT molecular complexity index is 635. The first-order valence-electron chi connectivity index (χ1n) is 7.43. The van der Waals surface area contributed by atoms with Gasteiger partial charge in [-0.15, -0.1) is 11.3 Å². The Hall–Kier alpha value is -1.88. The molecule has 2 rings (SSSR count). The van der Waals surface area contributed by atoms with Crippen molar-refractivity contribution in [3.8, 4) is 11.3 Å². The fourth-order valence-electron chi connectivity index (χ4n) is 2.07. The zero-order chi connectivity index (χ0) is 16.2. The first-order valence-corrected chi connectivity index (χ1v) is 8.31. The molecule has 1 heterocycles. The Morgan fingerprint density at radius 1 is 1.27 bits per heavy atom. The number of nitrogens with zero attached hydrogens (tertiary/aromatic N) is 2. The van der Waals surface area contributed by atoms with Gasteiger partial charge in [0.1, 0.15) is 0 Å². The van der Waals surface area contributed by atoms with Crippen LogP contribution in [0.3, 0.4) is 0 Å². The zero-order valence-corrected chi connectivity index (χ0v) is 14.5. The second-order valence-corrected chi connectivity index (χ2v) is 7.40. The summed E-state index contributed by atoms with van der Waals surface area (Å²) in [5.41, 5.74) is 9.26. The van der Waals surface area contributed by atoms with Gasteiger partial charge in [0, 0.05) is 23.0 Å². The van der Waals surface area contributed by atoms with Crippen LogP contribution in [0.5, 0.6) is 0 Å². The lowest BCUT2D eigenvalue weighted by Crippen LogP contribution is -2.45. The van der Waals surface area contributed by atoms with Crippen LogP contribution < -0.4 is 11.1 Å². The number of nitrogens with one attached hydrogen (secondary N) is 1. The number of benzene rings is 1. The van der Waals surface area contributed by atoms with Crippen LogP contribution in [0.1, 0.15) is 31.3 Å². The molecule has 0 aliphatic heterocycles. The highest BCUT2D eigenvalue weighted by molar-refractivity contribution is 7.09. The van der Waals surface area contributed by atoms with Crippen LogP contribution in [0.15, 0.2) is 34.6 Å². The van der Waals surface area contributed by atoms with Crippen molar-refractivity contribution in [3.05, 3.63) is 40.2 Å². The largest absolute Gasteiger partial charge is 0.370 e. The molecule has 0 fully saturated rings. The van der Waals surface area contributed by atoms with Crippen LogP contribution in [0.25, 0.3) is 11.3 Å². The summed E-state index contributed by atoms with van der Waals surface area (Å²) in [4.78, 5) is 8.86. The maximum atomic E-state index is 5.86. The molecule has 3 N–H and O–H groups in total. The molecule has 0 spiro atoms. The van der Waals surface area contributed by atoms with Crippen molar-refractivity contribution in [1.82, 2.24) is 10.3 Å². The van der Waals surface area contributed by atoms with Gasteiger partial charge in [-0.3, -0.25) is 4.99 Å². The van der Waals surface area contributed by atoms with Gasteiger partial charge in [0.05, 0.1) is 10.7 Å². The van der Waals surface area contributed by atoms with E-state index >= 15 is 0 Å². The van der Waals surface area contributed by atoms with Crippen LogP contribution in [-0.2, 0) is 6.42 Å². The highest BCUT2D eigenvalue weighted by Crippen LogP contribution is 2.21. The predicted molar refractivity (Wildman–Crippen MR) is 95.4 cm³/mol. The van der Waals surface area contributed by atoms with Crippen LogP contribution in [0.4, 0.5) is 0 Å². The lowest BCUT2D eigenvalue weighted by molar-refractivity contribution is 0.508. The summed E-state index contributed by atoms with van der Waals surface area (Å²) >= 11 is 1.68. The van der Waals surface area contributed by atoms with Crippen molar-refractivity contribution in [3.63, 3.8) is 0 Å². The van der Waals surface area contributed by atoms with Crippen molar-refractivity contribution in [2.45, 2.75) is 39.7 Å². The normalized spacial score (nSPS) is 12.5. The molecule has 0 saturated carbocycles. The average molecular weight is 316 g/mol. The molecule has 22 heavy (non-hydrogen) atoms. The van der Waals surface area contributed by atoms with E-state index in [9.17, 15) is 0 Å². The molecule has 0 aliphatic carbocycles. The van der Waals surface area contributed by atoms with Gasteiger partial charge < -0.3 is 11.1 Å². The number of hydrogen-bond acceptors (Lipinski definition) is 3. The van der Waals surface area contributed by atoms with Crippen LogP contribution in [0, 0.1) is 6.92 Å². The first kappa shape index (κ1) is 16.5. The molecule has 0 aliphatic rings. The number of nitrogens with two attached hydrogens (primary N) is 1. The smallest absolute Gasteiger partial charge is 0.188 e. The summed E-state index contributed by atoms with van der Waals surface area (Å²) in [6, 6.07) is 8.49. The van der Waals surface area contributed by atoms with Gasteiger partial charge in [0.2, 0.25) is 0 Å². The summed E-state index contributed by atoms with van der Waals surface area (Å²) in [6.45, 7) is 8.90. The van der Waals surface area contributed by atoms with Crippen LogP contribution >= 0.6 is 11.3 Å². The average Bonchev–Trinajstić information content (AvgIpc) is 2.84. The summed E-state index contributed by atoms with van der Waals surface area (Å²) in [5.74, 6) is 0.502. The SMILES string of the molecule is Cc1nc(-c2ccc(CCN=C(N)NC(C)(C)C)cc2)cs1. The van der Waals surface area contributed by atoms with E-state index in [1.807, 2.05) is 6.92 Å². The van der Waals surface area contributed by atoms with Gasteiger partial charge in [-0.2, -0.15) is 0 Å². The van der Waals surface area contributed by atoms with E-state index in [-0.39, 0.29) is 5.54 Å². The maximum absolute atomic E-state index is 5.86. The molecule has 0 unspecified atom stereocenters. The molecule has 5 heteroatoms. The number of aryl methyl sites for hydroxylation is 1. The van der Waals surface area contributed by atoms with E-state index in [0.717, 1.165) is 22.7 Å². The van der Waals surface area contributed by atoms with Gasteiger partial charge in [-0.1, -0.05) is 24.3 Å². The maximum Gasteiger partial charge on any atom is 0.188 e. The Morgan fingerprint density at radius 2 is 1.95 bits per heavy atom. The van der Waals surface area contributed by atoms with E-state index in [4.69, 9.17) is 5.73 Å². The van der Waals surface area contributed by atoms with Crippen molar-refractivity contribution < 1.29 is 0 Å². The monoisotopic (exact) mass is 316 g/mol. The molecule has 118 valence electrons. The second-order valence-electron chi connectivity index (χ2n) is 6.34. The number of aromatic nitrogens is 1. The number of aliphatic imine (C=N–C) groups is 1. The molecule has 0 atom stereocenters. The first-order chi connectivity index (χ1) is 10.3. The standard InChI is InChI=1S/C17H24N4S/c1-12-20-15(11-22-12)14-7-5-13(6-8-14)9-10-19-16(18)21-17(2,3)4/h5-8,11H,9-10H2,1-4H3,(H3,18,19,21). The van der Waals surface area contributed by atoms with Gasteiger partial charge in [-0.05, 0) is 39.7 Å². The van der Waals surface area contributed by atoms with Crippen molar-refractivity contribution in [2.24, 2.45) is 10.7 Å². The van der Waals surface area contributed by atoms with Gasteiger partial charge in [0.15, 0.2) is 5.96 Å². The van der Waals surface area contributed by atoms with Crippen molar-refractivity contribution in [1.29, 1.82) is 0 Å². The third kappa shape index (κ3) is 5.15.